The highest BCUT2D eigenvalue weighted by Crippen LogP contribution is 2.40. The largest absolute Gasteiger partial charge is 0.276 e. The molecule has 2 amide bonds. The summed E-state index contributed by atoms with van der Waals surface area (Å²) in [5.74, 6) is -0.615. The van der Waals surface area contributed by atoms with Crippen LogP contribution in [0.2, 0.25) is 0 Å². The normalized spacial score (nSPS) is 10.4. The van der Waals surface area contributed by atoms with Crippen LogP contribution < -0.4 is 11.0 Å². The maximum atomic E-state index is 12.2. The zero-order valence-electron chi connectivity index (χ0n) is 14.5. The van der Waals surface area contributed by atoms with Crippen molar-refractivity contribution in [2.24, 2.45) is 0 Å². The first kappa shape index (κ1) is 20.3. The van der Waals surface area contributed by atoms with Crippen molar-refractivity contribution < 1.29 is 19.3 Å². The molecule has 0 aliphatic carbocycles. The third-order valence-corrected chi connectivity index (χ3v) is 5.58. The SMILES string of the molecule is CCONC(=O)c1ccccc1SSc1ccccc1C(=O)NOCC. The van der Waals surface area contributed by atoms with Crippen LogP contribution in [0.1, 0.15) is 34.6 Å². The second-order valence-corrected chi connectivity index (χ2v) is 7.10. The minimum atomic E-state index is -0.307. The van der Waals surface area contributed by atoms with E-state index in [1.165, 1.54) is 21.6 Å². The van der Waals surface area contributed by atoms with Gasteiger partial charge in [0.15, 0.2) is 0 Å². The van der Waals surface area contributed by atoms with Gasteiger partial charge in [-0.15, -0.1) is 0 Å². The maximum Gasteiger partial charge on any atom is 0.276 e. The number of benzene rings is 2. The first-order valence-electron chi connectivity index (χ1n) is 8.04. The molecule has 26 heavy (non-hydrogen) atoms. The molecule has 8 heteroatoms. The van der Waals surface area contributed by atoms with Gasteiger partial charge in [-0.1, -0.05) is 45.9 Å². The topological polar surface area (TPSA) is 76.7 Å². The molecule has 0 aliphatic rings. The minimum absolute atomic E-state index is 0.307. The molecule has 0 fully saturated rings. The van der Waals surface area contributed by atoms with Gasteiger partial charge in [-0.2, -0.15) is 0 Å². The van der Waals surface area contributed by atoms with Crippen LogP contribution >= 0.6 is 21.6 Å². The monoisotopic (exact) mass is 392 g/mol. The first-order valence-corrected chi connectivity index (χ1v) is 10.2. The quantitative estimate of drug-likeness (QED) is 0.499. The number of carbonyl (C=O) groups is 2. The molecule has 2 aromatic carbocycles. The number of hydroxylamine groups is 2. The van der Waals surface area contributed by atoms with Gasteiger partial charge in [-0.25, -0.2) is 11.0 Å². The number of amides is 2. The molecular weight excluding hydrogens is 372 g/mol. The van der Waals surface area contributed by atoms with Crippen molar-refractivity contribution in [1.29, 1.82) is 0 Å². The summed E-state index contributed by atoms with van der Waals surface area (Å²) in [5.41, 5.74) is 5.81. The second kappa shape index (κ2) is 10.9. The maximum absolute atomic E-state index is 12.2. The average Bonchev–Trinajstić information content (AvgIpc) is 2.69. The summed E-state index contributed by atoms with van der Waals surface area (Å²) in [4.78, 5) is 35.9. The van der Waals surface area contributed by atoms with Crippen LogP contribution in [-0.4, -0.2) is 25.0 Å². The van der Waals surface area contributed by atoms with Gasteiger partial charge in [0.1, 0.15) is 0 Å². The molecule has 0 atom stereocenters. The number of rotatable bonds is 9. The predicted octanol–water partition coefficient (Wildman–Crippen LogP) is 3.85. The van der Waals surface area contributed by atoms with E-state index in [0.717, 1.165) is 9.79 Å². The van der Waals surface area contributed by atoms with Crippen molar-refractivity contribution >= 4 is 33.4 Å². The Bertz CT molecular complexity index is 692. The lowest BCUT2D eigenvalue weighted by Gasteiger charge is -2.11. The summed E-state index contributed by atoms with van der Waals surface area (Å²) in [7, 11) is 2.79. The van der Waals surface area contributed by atoms with E-state index < -0.39 is 0 Å². The third kappa shape index (κ3) is 5.77. The molecule has 2 aromatic rings. The van der Waals surface area contributed by atoms with Crippen molar-refractivity contribution in [3.05, 3.63) is 59.7 Å². The standard InChI is InChI=1S/C18H20N2O4S2/c1-3-23-19-17(21)13-9-5-7-11-15(13)25-26-16-12-8-6-10-14(16)18(22)20-24-4-2/h5-12H,3-4H2,1-2H3,(H,19,21)(H,20,22). The molecule has 0 aromatic heterocycles. The number of carbonyl (C=O) groups excluding carboxylic acids is 2. The lowest BCUT2D eigenvalue weighted by molar-refractivity contribution is 0.0359. The zero-order valence-corrected chi connectivity index (χ0v) is 16.1. The van der Waals surface area contributed by atoms with Crippen LogP contribution in [0.5, 0.6) is 0 Å². The van der Waals surface area contributed by atoms with Crippen LogP contribution in [0.3, 0.4) is 0 Å². The highest BCUT2D eigenvalue weighted by Gasteiger charge is 2.15. The summed E-state index contributed by atoms with van der Waals surface area (Å²) in [6.07, 6.45) is 0. The highest BCUT2D eigenvalue weighted by molar-refractivity contribution is 8.76. The number of hydrogen-bond acceptors (Lipinski definition) is 6. The van der Waals surface area contributed by atoms with Crippen molar-refractivity contribution in [1.82, 2.24) is 11.0 Å². The summed E-state index contributed by atoms with van der Waals surface area (Å²) in [6.45, 7) is 4.36. The van der Waals surface area contributed by atoms with Gasteiger partial charge in [0.2, 0.25) is 0 Å². The van der Waals surface area contributed by atoms with Gasteiger partial charge < -0.3 is 0 Å². The van der Waals surface area contributed by atoms with Crippen molar-refractivity contribution in [2.75, 3.05) is 13.2 Å². The van der Waals surface area contributed by atoms with Crippen LogP contribution in [-0.2, 0) is 9.68 Å². The summed E-state index contributed by atoms with van der Waals surface area (Å²) >= 11 is 0. The van der Waals surface area contributed by atoms with Crippen LogP contribution in [0.4, 0.5) is 0 Å². The Morgan fingerprint density at radius 2 is 1.15 bits per heavy atom. The smallest absolute Gasteiger partial charge is 0.274 e. The molecule has 0 aliphatic heterocycles. The Morgan fingerprint density at radius 1 is 0.769 bits per heavy atom. The Morgan fingerprint density at radius 3 is 1.54 bits per heavy atom. The molecule has 0 bridgehead atoms. The second-order valence-electron chi connectivity index (χ2n) is 4.89. The van der Waals surface area contributed by atoms with E-state index in [2.05, 4.69) is 11.0 Å². The number of hydrogen-bond donors (Lipinski definition) is 2. The van der Waals surface area contributed by atoms with E-state index in [4.69, 9.17) is 9.68 Å². The van der Waals surface area contributed by atoms with Gasteiger partial charge in [0, 0.05) is 9.79 Å². The molecule has 0 heterocycles. The summed E-state index contributed by atoms with van der Waals surface area (Å²) < 4.78 is 0. The molecule has 0 spiro atoms. The molecule has 0 saturated heterocycles. The summed E-state index contributed by atoms with van der Waals surface area (Å²) in [6, 6.07) is 14.4. The van der Waals surface area contributed by atoms with Gasteiger partial charge >= 0.3 is 0 Å². The third-order valence-electron chi connectivity index (χ3n) is 3.10. The van der Waals surface area contributed by atoms with Crippen LogP contribution in [0.25, 0.3) is 0 Å². The molecular formula is C18H20N2O4S2. The van der Waals surface area contributed by atoms with Crippen LogP contribution in [0.15, 0.2) is 58.3 Å². The summed E-state index contributed by atoms with van der Waals surface area (Å²) in [5, 5.41) is 0. The van der Waals surface area contributed by atoms with E-state index in [1.54, 1.807) is 38.1 Å². The van der Waals surface area contributed by atoms with Crippen molar-refractivity contribution in [3.8, 4) is 0 Å². The highest BCUT2D eigenvalue weighted by atomic mass is 33.1. The Balaban J connectivity index is 2.12. The molecule has 138 valence electrons. The van der Waals surface area contributed by atoms with Gasteiger partial charge in [-0.05, 0) is 38.1 Å². The fourth-order valence-electron chi connectivity index (χ4n) is 1.93. The van der Waals surface area contributed by atoms with Crippen molar-refractivity contribution in [2.45, 2.75) is 23.6 Å². The minimum Gasteiger partial charge on any atom is -0.274 e. The average molecular weight is 393 g/mol. The van der Waals surface area contributed by atoms with E-state index >= 15 is 0 Å². The predicted molar refractivity (Wildman–Crippen MR) is 103 cm³/mol. The lowest BCUT2D eigenvalue weighted by Crippen LogP contribution is -2.24. The molecule has 0 unspecified atom stereocenters. The van der Waals surface area contributed by atoms with Gasteiger partial charge in [-0.3, -0.25) is 19.3 Å². The molecule has 2 rings (SSSR count). The fraction of sp³-hybridized carbons (Fsp3) is 0.222. The zero-order chi connectivity index (χ0) is 18.8. The Hall–Kier alpha value is -2.00. The fourth-order valence-corrected chi connectivity index (χ4v) is 4.29. The van der Waals surface area contributed by atoms with Crippen molar-refractivity contribution in [3.63, 3.8) is 0 Å². The lowest BCUT2D eigenvalue weighted by atomic mass is 10.2. The van der Waals surface area contributed by atoms with Gasteiger partial charge in [0.05, 0.1) is 24.3 Å². The molecule has 0 saturated carbocycles. The van der Waals surface area contributed by atoms with E-state index in [1.807, 2.05) is 24.3 Å². The Kier molecular flexibility index (Phi) is 8.49. The Labute approximate surface area is 160 Å². The van der Waals surface area contributed by atoms with E-state index in [9.17, 15) is 9.59 Å². The first-order chi connectivity index (χ1) is 12.7. The molecule has 0 radical (unpaired) electrons. The molecule has 6 nitrogen and oxygen atoms in total. The van der Waals surface area contributed by atoms with Gasteiger partial charge in [0.25, 0.3) is 11.8 Å². The number of nitrogens with one attached hydrogen (secondary N) is 2. The van der Waals surface area contributed by atoms with E-state index in [-0.39, 0.29) is 11.8 Å². The molecule has 2 N–H and O–H groups in total. The van der Waals surface area contributed by atoms with E-state index in [0.29, 0.717) is 24.3 Å². The van der Waals surface area contributed by atoms with Crippen LogP contribution in [0, 0.1) is 0 Å².